The van der Waals surface area contributed by atoms with E-state index in [0.717, 1.165) is 39.8 Å². The lowest BCUT2D eigenvalue weighted by Gasteiger charge is -2.21. The standard InChI is InChI=1S/C24H18F4N10O/c1-12-30-8-19-21(29)34-17-7-31-16(5-18(17)38(12)19)23(39)37(22-15(25)6-32-35(22)2)11-14-10-36-9-13(24(26,27)28)3-4-20(36)33-14/h3-10H,11H2,1-2H3,(H2,29,34)/i11D2. The van der Waals surface area contributed by atoms with E-state index in [1.807, 2.05) is 0 Å². The van der Waals surface area contributed by atoms with Gasteiger partial charge in [0.2, 0.25) is 0 Å². The number of anilines is 2. The summed E-state index contributed by atoms with van der Waals surface area (Å²) in [7, 11) is 1.30. The number of nitrogen functional groups attached to an aromatic ring is 1. The van der Waals surface area contributed by atoms with Gasteiger partial charge >= 0.3 is 6.18 Å². The minimum absolute atomic E-state index is 0.0276. The molecule has 0 radical (unpaired) electrons. The van der Waals surface area contributed by atoms with Crippen molar-refractivity contribution < 1.29 is 25.1 Å². The second-order valence-electron chi connectivity index (χ2n) is 8.58. The van der Waals surface area contributed by atoms with Gasteiger partial charge in [0.25, 0.3) is 5.91 Å². The summed E-state index contributed by atoms with van der Waals surface area (Å²) >= 11 is 0. The third-order valence-electron chi connectivity index (χ3n) is 6.05. The number of aryl methyl sites for hydroxylation is 2. The van der Waals surface area contributed by atoms with Gasteiger partial charge in [0.05, 0.1) is 44.6 Å². The van der Waals surface area contributed by atoms with Crippen molar-refractivity contribution in [2.75, 3.05) is 10.6 Å². The van der Waals surface area contributed by atoms with Crippen molar-refractivity contribution in [3.63, 3.8) is 0 Å². The third kappa shape index (κ3) is 3.98. The molecule has 0 saturated carbocycles. The molecule has 198 valence electrons. The molecule has 0 spiro atoms. The molecule has 6 rings (SSSR count). The SMILES string of the molecule is [2H]C([2H])(c1cn2cc(C(F)(F)F)ccc2n1)N(C(=O)c1cc2c(cn1)nc(N)c1cnc(C)n12)c1c(F)cnn1C. The monoisotopic (exact) mass is 540 g/mol. The van der Waals surface area contributed by atoms with Crippen LogP contribution in [0.2, 0.25) is 0 Å². The van der Waals surface area contributed by atoms with Gasteiger partial charge in [0.1, 0.15) is 34.0 Å². The van der Waals surface area contributed by atoms with Crippen LogP contribution in [0.3, 0.4) is 0 Å². The number of aromatic nitrogens is 8. The van der Waals surface area contributed by atoms with E-state index in [9.17, 15) is 18.0 Å². The van der Waals surface area contributed by atoms with Crippen LogP contribution < -0.4 is 10.6 Å². The normalized spacial score (nSPS) is 13.3. The fourth-order valence-corrected chi connectivity index (χ4v) is 4.23. The fourth-order valence-electron chi connectivity index (χ4n) is 4.23. The van der Waals surface area contributed by atoms with E-state index in [2.05, 4.69) is 25.0 Å². The second-order valence-corrected chi connectivity index (χ2v) is 8.58. The number of fused-ring (bicyclic) bond motifs is 4. The molecule has 2 N–H and O–H groups in total. The average Bonchev–Trinajstić information content (AvgIpc) is 3.61. The lowest BCUT2D eigenvalue weighted by molar-refractivity contribution is -0.137. The van der Waals surface area contributed by atoms with Crippen LogP contribution in [0.15, 0.2) is 49.2 Å². The van der Waals surface area contributed by atoms with E-state index in [1.165, 1.54) is 25.5 Å². The summed E-state index contributed by atoms with van der Waals surface area (Å²) in [5.74, 6) is -1.98. The number of alkyl halides is 3. The Balaban J connectivity index is 1.53. The number of nitrogens with zero attached hydrogens (tertiary/aromatic N) is 9. The highest BCUT2D eigenvalue weighted by Gasteiger charge is 2.31. The highest BCUT2D eigenvalue weighted by Crippen LogP contribution is 2.30. The fraction of sp³-hybridized carbons (Fsp3) is 0.167. The Hall–Kier alpha value is -5.08. The van der Waals surface area contributed by atoms with Gasteiger partial charge in [0, 0.05) is 19.4 Å². The number of nitrogens with two attached hydrogens (primary N) is 1. The van der Waals surface area contributed by atoms with Crippen LogP contribution >= 0.6 is 0 Å². The van der Waals surface area contributed by atoms with Crippen LogP contribution in [0.4, 0.5) is 29.2 Å². The molecule has 0 saturated heterocycles. The molecule has 15 heteroatoms. The van der Waals surface area contributed by atoms with Crippen molar-refractivity contribution in [2.24, 2.45) is 7.05 Å². The first-order valence-electron chi connectivity index (χ1n) is 12.2. The Morgan fingerprint density at radius 2 is 1.92 bits per heavy atom. The zero-order chi connectivity index (χ0) is 29.4. The number of pyridine rings is 2. The summed E-state index contributed by atoms with van der Waals surface area (Å²) in [4.78, 5) is 31.2. The summed E-state index contributed by atoms with van der Waals surface area (Å²) in [6.07, 6.45) is 0.637. The molecule has 6 aromatic rings. The molecule has 6 aromatic heterocycles. The zero-order valence-corrected chi connectivity index (χ0v) is 20.1. The van der Waals surface area contributed by atoms with Crippen molar-refractivity contribution in [1.29, 1.82) is 0 Å². The van der Waals surface area contributed by atoms with E-state index >= 15 is 4.39 Å². The lowest BCUT2D eigenvalue weighted by atomic mass is 10.2. The van der Waals surface area contributed by atoms with Crippen LogP contribution in [-0.4, -0.2) is 44.4 Å². The average molecular weight is 540 g/mol. The summed E-state index contributed by atoms with van der Waals surface area (Å²) in [5.41, 5.74) is 5.39. The van der Waals surface area contributed by atoms with Crippen molar-refractivity contribution >= 4 is 39.7 Å². The molecule has 0 bridgehead atoms. The number of carbonyl (C=O) groups excluding carboxylic acids is 1. The van der Waals surface area contributed by atoms with Gasteiger partial charge in [-0.15, -0.1) is 0 Å². The molecule has 6 heterocycles. The first-order valence-corrected chi connectivity index (χ1v) is 11.2. The molecule has 0 fully saturated rings. The van der Waals surface area contributed by atoms with E-state index in [-0.39, 0.29) is 17.2 Å². The van der Waals surface area contributed by atoms with E-state index in [4.69, 9.17) is 8.48 Å². The van der Waals surface area contributed by atoms with Crippen LogP contribution in [0.1, 0.15) is 30.3 Å². The molecule has 0 aliphatic rings. The minimum Gasteiger partial charge on any atom is -0.382 e. The van der Waals surface area contributed by atoms with Crippen LogP contribution in [0.25, 0.3) is 22.2 Å². The topological polar surface area (TPSA) is 125 Å². The quantitative estimate of drug-likeness (QED) is 0.339. The first-order chi connectivity index (χ1) is 19.3. The van der Waals surface area contributed by atoms with E-state index in [0.29, 0.717) is 27.3 Å². The summed E-state index contributed by atoms with van der Waals surface area (Å²) in [6, 6.07) is 3.19. The molecule has 1 amide bonds. The van der Waals surface area contributed by atoms with E-state index in [1.54, 1.807) is 11.3 Å². The van der Waals surface area contributed by atoms with Gasteiger partial charge < -0.3 is 10.1 Å². The number of halogens is 4. The maximum absolute atomic E-state index is 15.0. The number of hydrogen-bond donors (Lipinski definition) is 1. The molecule has 0 aliphatic carbocycles. The lowest BCUT2D eigenvalue weighted by Crippen LogP contribution is -2.33. The Labute approximate surface area is 219 Å². The zero-order valence-electron chi connectivity index (χ0n) is 22.1. The van der Waals surface area contributed by atoms with E-state index < -0.39 is 41.5 Å². The summed E-state index contributed by atoms with van der Waals surface area (Å²) in [6.45, 7) is -1.19. The molecule has 0 atom stereocenters. The van der Waals surface area contributed by atoms with Crippen molar-refractivity contribution in [1.82, 2.24) is 38.5 Å². The van der Waals surface area contributed by atoms with Gasteiger partial charge in [-0.25, -0.2) is 29.0 Å². The van der Waals surface area contributed by atoms with Crippen molar-refractivity contribution in [2.45, 2.75) is 19.6 Å². The van der Waals surface area contributed by atoms with Gasteiger partial charge in [-0.2, -0.15) is 18.3 Å². The predicted molar refractivity (Wildman–Crippen MR) is 131 cm³/mol. The van der Waals surface area contributed by atoms with Crippen molar-refractivity contribution in [3.8, 4) is 0 Å². The van der Waals surface area contributed by atoms with Crippen LogP contribution in [0, 0.1) is 12.7 Å². The predicted octanol–water partition coefficient (Wildman–Crippen LogP) is 3.55. The van der Waals surface area contributed by atoms with Crippen LogP contribution in [0.5, 0.6) is 0 Å². The Morgan fingerprint density at radius 3 is 2.64 bits per heavy atom. The summed E-state index contributed by atoms with van der Waals surface area (Å²) < 4.78 is 76.2. The first kappa shape index (κ1) is 22.0. The minimum atomic E-state index is -4.65. The van der Waals surface area contributed by atoms with Gasteiger partial charge in [-0.05, 0) is 25.1 Å². The highest BCUT2D eigenvalue weighted by molar-refractivity contribution is 6.05. The third-order valence-corrected chi connectivity index (χ3v) is 6.05. The molecule has 0 aliphatic heterocycles. The number of hydrogen-bond acceptors (Lipinski definition) is 7. The summed E-state index contributed by atoms with van der Waals surface area (Å²) in [5, 5.41) is 3.78. The molecule has 0 unspecified atom stereocenters. The number of imidazole rings is 2. The van der Waals surface area contributed by atoms with Crippen LogP contribution in [-0.2, 0) is 19.7 Å². The molecular formula is C24H18F4N10O. The number of rotatable bonds is 4. The highest BCUT2D eigenvalue weighted by atomic mass is 19.4. The number of carbonyl (C=O) groups is 1. The largest absolute Gasteiger partial charge is 0.417 e. The number of amides is 1. The molecule has 11 nitrogen and oxygen atoms in total. The smallest absolute Gasteiger partial charge is 0.382 e. The second kappa shape index (κ2) is 8.47. The molecular weight excluding hydrogens is 520 g/mol. The maximum Gasteiger partial charge on any atom is 0.417 e. The van der Waals surface area contributed by atoms with Crippen molar-refractivity contribution in [3.05, 3.63) is 77.8 Å². The maximum atomic E-state index is 15.0. The van der Waals surface area contributed by atoms with Gasteiger partial charge in [-0.1, -0.05) is 0 Å². The molecule has 0 aromatic carbocycles. The Morgan fingerprint density at radius 1 is 1.13 bits per heavy atom. The Bertz CT molecular complexity index is 1990. The van der Waals surface area contributed by atoms with Gasteiger partial charge in [-0.3, -0.25) is 14.1 Å². The van der Waals surface area contributed by atoms with Gasteiger partial charge in [0.15, 0.2) is 11.6 Å². The molecule has 39 heavy (non-hydrogen) atoms. The Kier molecular flexibility index (Phi) is 4.77.